The molecule has 1 aromatic rings. The normalized spacial score (nSPS) is 18.2. The van der Waals surface area contributed by atoms with Crippen LogP contribution in [0.2, 0.25) is 5.15 Å². The molecule has 2 rings (SSSR count). The summed E-state index contributed by atoms with van der Waals surface area (Å²) < 4.78 is 5.39. The van der Waals surface area contributed by atoms with Crippen LogP contribution in [-0.2, 0) is 4.74 Å². The maximum atomic E-state index is 12.1. The molecule has 0 amide bonds. The van der Waals surface area contributed by atoms with Gasteiger partial charge in [-0.3, -0.25) is 10.1 Å². The minimum absolute atomic E-state index is 0.0253. The Hall–Kier alpha value is -1.69. The average molecular weight is 313 g/mol. The van der Waals surface area contributed by atoms with E-state index in [0.717, 1.165) is 31.9 Å². The van der Waals surface area contributed by atoms with Gasteiger partial charge < -0.3 is 4.74 Å². The van der Waals surface area contributed by atoms with Crippen LogP contribution in [0.25, 0.3) is 0 Å². The predicted octanol–water partition coefficient (Wildman–Crippen LogP) is 3.77. The number of rotatable bonds is 3. The molecule has 6 nitrogen and oxygen atoms in total. The van der Waals surface area contributed by atoms with Gasteiger partial charge in [0.05, 0.1) is 4.92 Å². The van der Waals surface area contributed by atoms with Crippen LogP contribution < -0.4 is 0 Å². The third-order valence-electron chi connectivity index (χ3n) is 3.83. The lowest BCUT2D eigenvalue weighted by atomic mass is 9.76. The molecular weight excluding hydrogens is 296 g/mol. The number of aromatic nitrogens is 1. The summed E-state index contributed by atoms with van der Waals surface area (Å²) >= 11 is 5.70. The SMILES string of the molecule is CC1(C)CCC(OC(=O)c2cc(Cl)ncc2[N+](=O)[O-])CC1. The quantitative estimate of drug-likeness (QED) is 0.367. The zero-order valence-corrected chi connectivity index (χ0v) is 12.7. The fraction of sp³-hybridized carbons (Fsp3) is 0.571. The van der Waals surface area contributed by atoms with E-state index in [1.807, 2.05) is 0 Å². The van der Waals surface area contributed by atoms with Crippen LogP contribution in [0.4, 0.5) is 5.69 Å². The molecule has 0 saturated heterocycles. The first-order valence-corrected chi connectivity index (χ1v) is 7.17. The Kier molecular flexibility index (Phi) is 4.46. The van der Waals surface area contributed by atoms with Crippen LogP contribution in [0, 0.1) is 15.5 Å². The molecule has 0 N–H and O–H groups in total. The Morgan fingerprint density at radius 3 is 2.67 bits per heavy atom. The van der Waals surface area contributed by atoms with E-state index >= 15 is 0 Å². The number of nitro groups is 1. The molecule has 21 heavy (non-hydrogen) atoms. The van der Waals surface area contributed by atoms with Crippen molar-refractivity contribution in [3.63, 3.8) is 0 Å². The summed E-state index contributed by atoms with van der Waals surface area (Å²) in [5, 5.41) is 11.0. The molecule has 0 aliphatic heterocycles. The van der Waals surface area contributed by atoms with E-state index in [2.05, 4.69) is 18.8 Å². The van der Waals surface area contributed by atoms with Crippen LogP contribution in [0.1, 0.15) is 49.9 Å². The molecule has 1 saturated carbocycles. The number of carbonyl (C=O) groups excluding carboxylic acids is 1. The lowest BCUT2D eigenvalue weighted by molar-refractivity contribution is -0.385. The summed E-state index contributed by atoms with van der Waals surface area (Å²) in [6.07, 6.45) is 4.24. The zero-order valence-electron chi connectivity index (χ0n) is 12.0. The fourth-order valence-corrected chi connectivity index (χ4v) is 2.60. The van der Waals surface area contributed by atoms with Crippen molar-refractivity contribution in [2.75, 3.05) is 0 Å². The van der Waals surface area contributed by atoms with Crippen molar-refractivity contribution in [2.45, 2.75) is 45.6 Å². The maximum Gasteiger partial charge on any atom is 0.345 e. The second kappa shape index (κ2) is 5.97. The molecule has 1 aliphatic carbocycles. The number of carbonyl (C=O) groups is 1. The van der Waals surface area contributed by atoms with Gasteiger partial charge in [-0.05, 0) is 37.2 Å². The Labute approximate surface area is 127 Å². The van der Waals surface area contributed by atoms with Crippen molar-refractivity contribution in [1.82, 2.24) is 4.98 Å². The third-order valence-corrected chi connectivity index (χ3v) is 4.03. The van der Waals surface area contributed by atoms with Crippen molar-refractivity contribution in [2.24, 2.45) is 5.41 Å². The van der Waals surface area contributed by atoms with Gasteiger partial charge in [-0.25, -0.2) is 9.78 Å². The predicted molar refractivity (Wildman–Crippen MR) is 77.4 cm³/mol. The summed E-state index contributed by atoms with van der Waals surface area (Å²) in [5.41, 5.74) is -0.278. The Morgan fingerprint density at radius 2 is 2.10 bits per heavy atom. The number of halogens is 1. The first kappa shape index (κ1) is 15.7. The van der Waals surface area contributed by atoms with E-state index in [4.69, 9.17) is 16.3 Å². The van der Waals surface area contributed by atoms with E-state index < -0.39 is 10.9 Å². The smallest absolute Gasteiger partial charge is 0.345 e. The van der Waals surface area contributed by atoms with Crippen LogP contribution in [-0.4, -0.2) is 22.0 Å². The summed E-state index contributed by atoms with van der Waals surface area (Å²) in [7, 11) is 0. The zero-order chi connectivity index (χ0) is 15.6. The molecule has 0 bridgehead atoms. The highest BCUT2D eigenvalue weighted by molar-refractivity contribution is 6.29. The van der Waals surface area contributed by atoms with Crippen LogP contribution >= 0.6 is 11.6 Å². The van der Waals surface area contributed by atoms with Crippen LogP contribution in [0.15, 0.2) is 12.3 Å². The molecule has 0 aromatic carbocycles. The van der Waals surface area contributed by atoms with Gasteiger partial charge in [-0.15, -0.1) is 0 Å². The highest BCUT2D eigenvalue weighted by Gasteiger charge is 2.31. The van der Waals surface area contributed by atoms with E-state index in [0.29, 0.717) is 0 Å². The average Bonchev–Trinajstić information content (AvgIpc) is 2.40. The molecule has 1 fully saturated rings. The number of pyridine rings is 1. The van der Waals surface area contributed by atoms with E-state index in [9.17, 15) is 14.9 Å². The van der Waals surface area contributed by atoms with Gasteiger partial charge in [0, 0.05) is 0 Å². The Morgan fingerprint density at radius 1 is 1.48 bits per heavy atom. The van der Waals surface area contributed by atoms with Gasteiger partial charge in [0.15, 0.2) is 0 Å². The molecular formula is C14H17ClN2O4. The lowest BCUT2D eigenvalue weighted by Crippen LogP contribution is -2.28. The summed E-state index contributed by atoms with van der Waals surface area (Å²) in [6.45, 7) is 4.36. The molecule has 0 unspecified atom stereocenters. The van der Waals surface area contributed by atoms with E-state index in [1.165, 1.54) is 6.07 Å². The molecule has 1 heterocycles. The molecule has 114 valence electrons. The largest absolute Gasteiger partial charge is 0.459 e. The second-order valence-corrected chi connectivity index (χ2v) is 6.44. The van der Waals surface area contributed by atoms with Crippen molar-refractivity contribution in [3.05, 3.63) is 33.1 Å². The molecule has 1 aliphatic rings. The molecule has 0 spiro atoms. The number of hydrogen-bond acceptors (Lipinski definition) is 5. The number of esters is 1. The first-order valence-electron chi connectivity index (χ1n) is 6.79. The standard InChI is InChI=1S/C14H17ClN2O4/c1-14(2)5-3-9(4-6-14)21-13(18)10-7-12(15)16-8-11(10)17(19)20/h7-9H,3-6H2,1-2H3. The molecule has 7 heteroatoms. The summed E-state index contributed by atoms with van der Waals surface area (Å²) in [5.74, 6) is -0.712. The Balaban J connectivity index is 2.11. The van der Waals surface area contributed by atoms with Gasteiger partial charge >= 0.3 is 11.7 Å². The third kappa shape index (κ3) is 3.91. The van der Waals surface area contributed by atoms with Crippen molar-refractivity contribution >= 4 is 23.3 Å². The lowest BCUT2D eigenvalue weighted by Gasteiger charge is -2.33. The molecule has 0 atom stereocenters. The fourth-order valence-electron chi connectivity index (χ4n) is 2.44. The van der Waals surface area contributed by atoms with Crippen LogP contribution in [0.3, 0.4) is 0 Å². The van der Waals surface area contributed by atoms with Gasteiger partial charge in [0.25, 0.3) is 0 Å². The summed E-state index contributed by atoms with van der Waals surface area (Å²) in [4.78, 5) is 26.0. The second-order valence-electron chi connectivity index (χ2n) is 6.05. The first-order chi connectivity index (χ1) is 9.78. The van der Waals surface area contributed by atoms with Crippen molar-refractivity contribution in [3.8, 4) is 0 Å². The van der Waals surface area contributed by atoms with Gasteiger partial charge in [-0.1, -0.05) is 25.4 Å². The Bertz CT molecular complexity index is 564. The number of ether oxygens (including phenoxy) is 1. The van der Waals surface area contributed by atoms with Crippen molar-refractivity contribution in [1.29, 1.82) is 0 Å². The number of nitrogens with zero attached hydrogens (tertiary/aromatic N) is 2. The minimum Gasteiger partial charge on any atom is -0.459 e. The topological polar surface area (TPSA) is 82.3 Å². The summed E-state index contributed by atoms with van der Waals surface area (Å²) in [6, 6.07) is 1.18. The van der Waals surface area contributed by atoms with Gasteiger partial charge in [-0.2, -0.15) is 0 Å². The molecule has 1 aromatic heterocycles. The monoisotopic (exact) mass is 312 g/mol. The highest BCUT2D eigenvalue weighted by atomic mass is 35.5. The van der Waals surface area contributed by atoms with Crippen LogP contribution in [0.5, 0.6) is 0 Å². The minimum atomic E-state index is -0.712. The van der Waals surface area contributed by atoms with E-state index in [-0.39, 0.29) is 27.9 Å². The van der Waals surface area contributed by atoms with Gasteiger partial charge in [0.1, 0.15) is 23.0 Å². The van der Waals surface area contributed by atoms with E-state index in [1.54, 1.807) is 0 Å². The molecule has 0 radical (unpaired) electrons. The van der Waals surface area contributed by atoms with Gasteiger partial charge in [0.2, 0.25) is 0 Å². The number of hydrogen-bond donors (Lipinski definition) is 0. The van der Waals surface area contributed by atoms with Crippen molar-refractivity contribution < 1.29 is 14.5 Å². The maximum absolute atomic E-state index is 12.1. The highest BCUT2D eigenvalue weighted by Crippen LogP contribution is 2.36.